The zero-order valence-corrected chi connectivity index (χ0v) is 14.7. The van der Waals surface area contributed by atoms with Crippen LogP contribution in [0.2, 0.25) is 0 Å². The van der Waals surface area contributed by atoms with Crippen molar-refractivity contribution in [3.8, 4) is 0 Å². The number of likely N-dealkylation sites (N-methyl/N-ethyl adjacent to an activating group) is 1. The zero-order chi connectivity index (χ0) is 18.0. The van der Waals surface area contributed by atoms with Gasteiger partial charge in [-0.15, -0.1) is 0 Å². The lowest BCUT2D eigenvalue weighted by atomic mass is 9.99. The highest BCUT2D eigenvalue weighted by atomic mass is 16.2. The molecule has 1 aliphatic heterocycles. The molecule has 0 radical (unpaired) electrons. The summed E-state index contributed by atoms with van der Waals surface area (Å²) in [4.78, 5) is 27.2. The standard InChI is InChI=1S/C19H24N4O2/c1-14-5-7-15(8-6-14)12-23-10-3-4-16(17(23)24)21-18(25)19(20)9-11-22(2)13-19/h3-8,10H,9,11-13,20H2,1-2H3,(H,21,25). The van der Waals surface area contributed by atoms with Crippen LogP contribution in [0.15, 0.2) is 47.4 Å². The van der Waals surface area contributed by atoms with E-state index in [9.17, 15) is 9.59 Å². The first kappa shape index (κ1) is 17.4. The number of carbonyl (C=O) groups excluding carboxylic acids is 1. The van der Waals surface area contributed by atoms with Gasteiger partial charge in [-0.05, 0) is 38.1 Å². The summed E-state index contributed by atoms with van der Waals surface area (Å²) in [6.07, 6.45) is 2.30. The van der Waals surface area contributed by atoms with Crippen molar-refractivity contribution < 1.29 is 4.79 Å². The van der Waals surface area contributed by atoms with Crippen LogP contribution in [0.3, 0.4) is 0 Å². The number of carbonyl (C=O) groups is 1. The third-order valence-corrected chi connectivity index (χ3v) is 4.69. The van der Waals surface area contributed by atoms with E-state index in [1.807, 2.05) is 43.1 Å². The van der Waals surface area contributed by atoms with Crippen molar-refractivity contribution in [2.75, 3.05) is 25.5 Å². The molecule has 1 fully saturated rings. The number of hydrogen-bond acceptors (Lipinski definition) is 4. The minimum atomic E-state index is -0.946. The van der Waals surface area contributed by atoms with Gasteiger partial charge in [-0.1, -0.05) is 29.8 Å². The summed E-state index contributed by atoms with van der Waals surface area (Å²) in [6.45, 7) is 3.74. The van der Waals surface area contributed by atoms with Crippen LogP contribution < -0.4 is 16.6 Å². The minimum Gasteiger partial charge on any atom is -0.320 e. The molecule has 2 heterocycles. The summed E-state index contributed by atoms with van der Waals surface area (Å²) in [6, 6.07) is 11.4. The van der Waals surface area contributed by atoms with Gasteiger partial charge in [0.1, 0.15) is 11.2 Å². The van der Waals surface area contributed by atoms with Gasteiger partial charge < -0.3 is 20.5 Å². The van der Waals surface area contributed by atoms with Crippen molar-refractivity contribution in [1.29, 1.82) is 0 Å². The molecule has 2 aromatic rings. The first-order chi connectivity index (χ1) is 11.9. The van der Waals surface area contributed by atoms with Crippen LogP contribution in [0.25, 0.3) is 0 Å². The summed E-state index contributed by atoms with van der Waals surface area (Å²) in [5, 5.41) is 2.72. The van der Waals surface area contributed by atoms with E-state index in [0.717, 1.165) is 12.1 Å². The van der Waals surface area contributed by atoms with Gasteiger partial charge >= 0.3 is 0 Å². The van der Waals surface area contributed by atoms with Crippen LogP contribution in [-0.2, 0) is 11.3 Å². The number of nitrogens with two attached hydrogens (primary N) is 1. The molecule has 132 valence electrons. The van der Waals surface area contributed by atoms with E-state index in [2.05, 4.69) is 5.32 Å². The van der Waals surface area contributed by atoms with E-state index >= 15 is 0 Å². The average Bonchev–Trinajstić information content (AvgIpc) is 2.94. The first-order valence-corrected chi connectivity index (χ1v) is 8.41. The number of aromatic nitrogens is 1. The number of amides is 1. The van der Waals surface area contributed by atoms with Crippen molar-refractivity contribution in [2.45, 2.75) is 25.4 Å². The van der Waals surface area contributed by atoms with E-state index in [1.165, 1.54) is 5.56 Å². The molecule has 1 aromatic carbocycles. The number of pyridine rings is 1. The molecule has 0 spiro atoms. The maximum absolute atomic E-state index is 12.7. The van der Waals surface area contributed by atoms with Gasteiger partial charge in [-0.25, -0.2) is 0 Å². The Morgan fingerprint density at radius 1 is 1.28 bits per heavy atom. The van der Waals surface area contributed by atoms with E-state index in [1.54, 1.807) is 22.9 Å². The van der Waals surface area contributed by atoms with Gasteiger partial charge in [0.05, 0.1) is 6.54 Å². The Bertz CT molecular complexity index is 828. The predicted molar refractivity (Wildman–Crippen MR) is 98.6 cm³/mol. The van der Waals surface area contributed by atoms with Crippen molar-refractivity contribution in [3.63, 3.8) is 0 Å². The highest BCUT2D eigenvalue weighted by Gasteiger charge is 2.40. The number of likely N-dealkylation sites (tertiary alicyclic amines) is 1. The third-order valence-electron chi connectivity index (χ3n) is 4.69. The maximum Gasteiger partial charge on any atom is 0.274 e. The number of hydrogen-bond donors (Lipinski definition) is 2. The number of anilines is 1. The Hall–Kier alpha value is -2.44. The second-order valence-corrected chi connectivity index (χ2v) is 6.94. The van der Waals surface area contributed by atoms with Crippen molar-refractivity contribution in [3.05, 3.63) is 64.1 Å². The summed E-state index contributed by atoms with van der Waals surface area (Å²) < 4.78 is 1.59. The Labute approximate surface area is 147 Å². The molecule has 0 saturated carbocycles. The molecule has 6 heteroatoms. The highest BCUT2D eigenvalue weighted by molar-refractivity contribution is 5.98. The van der Waals surface area contributed by atoms with Gasteiger partial charge in [0.15, 0.2) is 0 Å². The van der Waals surface area contributed by atoms with Gasteiger partial charge in [0.2, 0.25) is 5.91 Å². The van der Waals surface area contributed by atoms with Crippen LogP contribution in [0.1, 0.15) is 17.5 Å². The van der Waals surface area contributed by atoms with Crippen molar-refractivity contribution in [2.24, 2.45) is 5.73 Å². The van der Waals surface area contributed by atoms with Gasteiger partial charge in [-0.2, -0.15) is 0 Å². The number of nitrogens with zero attached hydrogens (tertiary/aromatic N) is 2. The molecule has 0 bridgehead atoms. The first-order valence-electron chi connectivity index (χ1n) is 8.41. The molecule has 6 nitrogen and oxygen atoms in total. The summed E-state index contributed by atoms with van der Waals surface area (Å²) in [5.41, 5.74) is 7.50. The smallest absolute Gasteiger partial charge is 0.274 e. The number of rotatable bonds is 4. The normalized spacial score (nSPS) is 20.6. The van der Waals surface area contributed by atoms with Crippen LogP contribution in [0, 0.1) is 6.92 Å². The largest absolute Gasteiger partial charge is 0.320 e. The molecule has 1 aliphatic rings. The number of benzene rings is 1. The monoisotopic (exact) mass is 340 g/mol. The SMILES string of the molecule is Cc1ccc(Cn2cccc(NC(=O)C3(N)CCN(C)C3)c2=O)cc1. The third kappa shape index (κ3) is 3.81. The highest BCUT2D eigenvalue weighted by Crippen LogP contribution is 2.18. The fourth-order valence-electron chi connectivity index (χ4n) is 3.11. The fraction of sp³-hybridized carbons (Fsp3) is 0.368. The molecule has 1 atom stereocenters. The molecular formula is C19H24N4O2. The summed E-state index contributed by atoms with van der Waals surface area (Å²) >= 11 is 0. The lowest BCUT2D eigenvalue weighted by molar-refractivity contribution is -0.120. The molecule has 1 unspecified atom stereocenters. The second-order valence-electron chi connectivity index (χ2n) is 6.94. The second kappa shape index (κ2) is 6.82. The van der Waals surface area contributed by atoms with Crippen LogP contribution in [0.5, 0.6) is 0 Å². The molecule has 3 N–H and O–H groups in total. The molecule has 1 aromatic heterocycles. The van der Waals surface area contributed by atoms with Gasteiger partial charge in [0, 0.05) is 19.3 Å². The average molecular weight is 340 g/mol. The van der Waals surface area contributed by atoms with Crippen LogP contribution in [0.4, 0.5) is 5.69 Å². The van der Waals surface area contributed by atoms with E-state index < -0.39 is 5.54 Å². The Balaban J connectivity index is 1.78. The van der Waals surface area contributed by atoms with Crippen molar-refractivity contribution >= 4 is 11.6 Å². The fourth-order valence-corrected chi connectivity index (χ4v) is 3.11. The molecule has 25 heavy (non-hydrogen) atoms. The van der Waals surface area contributed by atoms with Gasteiger partial charge in [0.25, 0.3) is 5.56 Å². The topological polar surface area (TPSA) is 80.4 Å². The lowest BCUT2D eigenvalue weighted by Gasteiger charge is -2.22. The Morgan fingerprint density at radius 2 is 2.00 bits per heavy atom. The van der Waals surface area contributed by atoms with E-state index in [-0.39, 0.29) is 17.2 Å². The quantitative estimate of drug-likeness (QED) is 0.876. The minimum absolute atomic E-state index is 0.230. The summed E-state index contributed by atoms with van der Waals surface area (Å²) in [5.74, 6) is -0.304. The summed E-state index contributed by atoms with van der Waals surface area (Å²) in [7, 11) is 1.93. The molecule has 3 rings (SSSR count). The predicted octanol–water partition coefficient (Wildman–Crippen LogP) is 1.18. The molecule has 0 aliphatic carbocycles. The van der Waals surface area contributed by atoms with Crippen molar-refractivity contribution in [1.82, 2.24) is 9.47 Å². The number of nitrogens with one attached hydrogen (secondary N) is 1. The zero-order valence-electron chi connectivity index (χ0n) is 14.7. The van der Waals surface area contributed by atoms with E-state index in [0.29, 0.717) is 19.5 Å². The lowest BCUT2D eigenvalue weighted by Crippen LogP contribution is -2.53. The molecular weight excluding hydrogens is 316 g/mol. The maximum atomic E-state index is 12.7. The van der Waals surface area contributed by atoms with Crippen LogP contribution in [-0.4, -0.2) is 41.1 Å². The molecule has 1 amide bonds. The van der Waals surface area contributed by atoms with E-state index in [4.69, 9.17) is 5.73 Å². The van der Waals surface area contributed by atoms with Crippen LogP contribution >= 0.6 is 0 Å². The Kier molecular flexibility index (Phi) is 4.74. The molecule has 1 saturated heterocycles. The Morgan fingerprint density at radius 3 is 2.64 bits per heavy atom. The van der Waals surface area contributed by atoms with Gasteiger partial charge in [-0.3, -0.25) is 9.59 Å². The number of aryl methyl sites for hydroxylation is 1.